The Hall–Kier alpha value is -2.27. The van der Waals surface area contributed by atoms with Crippen LogP contribution in [0.15, 0.2) is 35.9 Å². The van der Waals surface area contributed by atoms with Crippen molar-refractivity contribution in [1.82, 2.24) is 9.47 Å². The number of carbonyl (C=O) groups excluding carboxylic acids is 1. The molecule has 1 aliphatic rings. The molecule has 1 aromatic heterocycles. The van der Waals surface area contributed by atoms with Gasteiger partial charge in [-0.3, -0.25) is 0 Å². The number of benzene rings is 1. The van der Waals surface area contributed by atoms with E-state index in [0.717, 1.165) is 30.6 Å². The van der Waals surface area contributed by atoms with Gasteiger partial charge in [0.05, 0.1) is 6.61 Å². The number of amides is 2. The van der Waals surface area contributed by atoms with Crippen molar-refractivity contribution in [3.8, 4) is 0 Å². The number of hydrogen-bond donors (Lipinski definition) is 1. The zero-order chi connectivity index (χ0) is 17.1. The summed E-state index contributed by atoms with van der Waals surface area (Å²) >= 11 is 0. The van der Waals surface area contributed by atoms with Crippen LogP contribution in [0.5, 0.6) is 0 Å². The minimum Gasteiger partial charge on any atom is -0.383 e. The van der Waals surface area contributed by atoms with E-state index in [0.29, 0.717) is 13.2 Å². The Balaban J connectivity index is 1.75. The molecule has 2 aromatic rings. The van der Waals surface area contributed by atoms with Crippen LogP contribution < -0.4 is 5.32 Å². The van der Waals surface area contributed by atoms with E-state index in [1.165, 1.54) is 16.8 Å². The first kappa shape index (κ1) is 16.6. The second-order valence-electron chi connectivity index (χ2n) is 6.38. The first-order valence-corrected chi connectivity index (χ1v) is 8.39. The van der Waals surface area contributed by atoms with Crippen LogP contribution in [0.2, 0.25) is 0 Å². The molecule has 1 aliphatic heterocycles. The summed E-state index contributed by atoms with van der Waals surface area (Å²) in [6.07, 6.45) is 3.07. The Labute approximate surface area is 142 Å². The lowest BCUT2D eigenvalue weighted by Gasteiger charge is -2.25. The number of anilines is 1. The maximum Gasteiger partial charge on any atom is 0.322 e. The van der Waals surface area contributed by atoms with Crippen LogP contribution in [0.4, 0.5) is 10.5 Å². The number of aryl methyl sites for hydroxylation is 1. The van der Waals surface area contributed by atoms with Gasteiger partial charge in [-0.1, -0.05) is 11.6 Å². The maximum absolute atomic E-state index is 12.4. The van der Waals surface area contributed by atoms with E-state index in [1.54, 1.807) is 7.11 Å². The first-order valence-electron chi connectivity index (χ1n) is 8.39. The fraction of sp³-hybridized carbons (Fsp3) is 0.421. The van der Waals surface area contributed by atoms with Gasteiger partial charge in [0.15, 0.2) is 0 Å². The molecule has 0 atom stereocenters. The Bertz CT molecular complexity index is 776. The monoisotopic (exact) mass is 327 g/mol. The van der Waals surface area contributed by atoms with Gasteiger partial charge in [0.25, 0.3) is 0 Å². The van der Waals surface area contributed by atoms with Gasteiger partial charge in [-0.15, -0.1) is 0 Å². The Morgan fingerprint density at radius 3 is 2.83 bits per heavy atom. The zero-order valence-corrected chi connectivity index (χ0v) is 14.6. The predicted octanol–water partition coefficient (Wildman–Crippen LogP) is 3.78. The summed E-state index contributed by atoms with van der Waals surface area (Å²) in [5.74, 6) is 0. The molecule has 0 bridgehead atoms. The number of methoxy groups -OCH3 is 1. The molecule has 1 N–H and O–H groups in total. The summed E-state index contributed by atoms with van der Waals surface area (Å²) < 4.78 is 7.42. The third-order valence-electron chi connectivity index (χ3n) is 4.60. The van der Waals surface area contributed by atoms with E-state index in [2.05, 4.69) is 41.9 Å². The molecule has 0 saturated carbocycles. The number of nitrogens with zero attached hydrogens (tertiary/aromatic N) is 2. The van der Waals surface area contributed by atoms with E-state index >= 15 is 0 Å². The van der Waals surface area contributed by atoms with Crippen molar-refractivity contribution in [3.63, 3.8) is 0 Å². The van der Waals surface area contributed by atoms with Crippen LogP contribution in [-0.4, -0.2) is 42.3 Å². The van der Waals surface area contributed by atoms with Crippen LogP contribution in [0.1, 0.15) is 19.0 Å². The van der Waals surface area contributed by atoms with E-state index in [9.17, 15) is 4.79 Å². The third kappa shape index (κ3) is 3.46. The molecule has 0 radical (unpaired) electrons. The summed E-state index contributed by atoms with van der Waals surface area (Å²) in [6, 6.07) is 8.18. The van der Waals surface area contributed by atoms with Gasteiger partial charge in [-0.25, -0.2) is 4.79 Å². The lowest BCUT2D eigenvalue weighted by molar-refractivity contribution is 0.188. The number of nitrogens with one attached hydrogen (secondary N) is 1. The second kappa shape index (κ2) is 7.09. The van der Waals surface area contributed by atoms with Crippen LogP contribution in [0, 0.1) is 6.92 Å². The van der Waals surface area contributed by atoms with E-state index in [1.807, 2.05) is 17.0 Å². The second-order valence-corrected chi connectivity index (χ2v) is 6.38. The number of fused-ring (bicyclic) bond motifs is 1. The molecule has 5 nitrogen and oxygen atoms in total. The average Bonchev–Trinajstić information content (AvgIpc) is 2.88. The van der Waals surface area contributed by atoms with Gasteiger partial charge in [-0.2, -0.15) is 0 Å². The smallest absolute Gasteiger partial charge is 0.322 e. The Morgan fingerprint density at radius 1 is 1.29 bits per heavy atom. The highest BCUT2D eigenvalue weighted by molar-refractivity contribution is 5.93. The standard InChI is InChI=1S/C19H25N3O2/c1-14-6-8-21(9-7-14)19(23)20-17-4-5-18-16(13-17)12-15(2)22(18)10-11-24-3/h4-6,12-13H,7-11H2,1-3H3,(H,20,23). The summed E-state index contributed by atoms with van der Waals surface area (Å²) in [7, 11) is 1.71. The highest BCUT2D eigenvalue weighted by Crippen LogP contribution is 2.24. The molecule has 0 unspecified atom stereocenters. The Morgan fingerprint density at radius 2 is 2.12 bits per heavy atom. The maximum atomic E-state index is 12.4. The van der Waals surface area contributed by atoms with Gasteiger partial charge in [0.1, 0.15) is 0 Å². The molecule has 2 heterocycles. The van der Waals surface area contributed by atoms with Crippen LogP contribution in [-0.2, 0) is 11.3 Å². The van der Waals surface area contributed by atoms with Crippen LogP contribution in [0.25, 0.3) is 10.9 Å². The normalized spacial score (nSPS) is 14.8. The molecule has 0 spiro atoms. The minimum absolute atomic E-state index is 0.0337. The SMILES string of the molecule is COCCn1c(C)cc2cc(NC(=O)N3CC=C(C)CC3)ccc21. The van der Waals surface area contributed by atoms with Crippen molar-refractivity contribution in [2.75, 3.05) is 32.1 Å². The number of ether oxygens (including phenoxy) is 1. The summed E-state index contributed by atoms with van der Waals surface area (Å²) in [5.41, 5.74) is 4.55. The molecule has 0 fully saturated rings. The van der Waals surface area contributed by atoms with Crippen molar-refractivity contribution in [2.45, 2.75) is 26.8 Å². The minimum atomic E-state index is -0.0337. The Kier molecular flexibility index (Phi) is 4.90. The molecule has 24 heavy (non-hydrogen) atoms. The number of aromatic nitrogens is 1. The van der Waals surface area contributed by atoms with Gasteiger partial charge < -0.3 is 19.5 Å². The van der Waals surface area contributed by atoms with Crippen molar-refractivity contribution in [2.24, 2.45) is 0 Å². The van der Waals surface area contributed by atoms with Crippen LogP contribution in [0.3, 0.4) is 0 Å². The van der Waals surface area contributed by atoms with E-state index in [4.69, 9.17) is 4.74 Å². The average molecular weight is 327 g/mol. The lowest BCUT2D eigenvalue weighted by atomic mass is 10.1. The predicted molar refractivity (Wildman–Crippen MR) is 97.5 cm³/mol. The topological polar surface area (TPSA) is 46.5 Å². The van der Waals surface area contributed by atoms with E-state index in [-0.39, 0.29) is 6.03 Å². The summed E-state index contributed by atoms with van der Waals surface area (Å²) in [5, 5.41) is 4.15. The van der Waals surface area contributed by atoms with Gasteiger partial charge in [-0.05, 0) is 44.5 Å². The van der Waals surface area contributed by atoms with E-state index < -0.39 is 0 Å². The molecule has 1 aromatic carbocycles. The fourth-order valence-electron chi connectivity index (χ4n) is 3.12. The molecule has 5 heteroatoms. The molecular weight excluding hydrogens is 302 g/mol. The first-order chi connectivity index (χ1) is 11.6. The lowest BCUT2D eigenvalue weighted by Crippen LogP contribution is -2.37. The molecule has 128 valence electrons. The highest BCUT2D eigenvalue weighted by atomic mass is 16.5. The summed E-state index contributed by atoms with van der Waals surface area (Å²) in [6.45, 7) is 7.19. The number of urea groups is 1. The van der Waals surface area contributed by atoms with Crippen molar-refractivity contribution in [1.29, 1.82) is 0 Å². The largest absolute Gasteiger partial charge is 0.383 e. The number of hydrogen-bond acceptors (Lipinski definition) is 2. The van der Waals surface area contributed by atoms with Gasteiger partial charge in [0, 0.05) is 49.0 Å². The van der Waals surface area contributed by atoms with Crippen molar-refractivity contribution < 1.29 is 9.53 Å². The number of rotatable bonds is 4. The molecule has 3 rings (SSSR count). The third-order valence-corrected chi connectivity index (χ3v) is 4.60. The van der Waals surface area contributed by atoms with Crippen molar-refractivity contribution in [3.05, 3.63) is 41.6 Å². The molecule has 0 aliphatic carbocycles. The van der Waals surface area contributed by atoms with Gasteiger partial charge >= 0.3 is 6.03 Å². The highest BCUT2D eigenvalue weighted by Gasteiger charge is 2.16. The van der Waals surface area contributed by atoms with Crippen LogP contribution >= 0.6 is 0 Å². The number of carbonyl (C=O) groups is 1. The molecule has 2 amide bonds. The van der Waals surface area contributed by atoms with Crippen molar-refractivity contribution >= 4 is 22.6 Å². The quantitative estimate of drug-likeness (QED) is 0.869. The molecule has 0 saturated heterocycles. The molecular formula is C19H25N3O2. The van der Waals surface area contributed by atoms with Gasteiger partial charge in [0.2, 0.25) is 0 Å². The summed E-state index contributed by atoms with van der Waals surface area (Å²) in [4.78, 5) is 14.2. The zero-order valence-electron chi connectivity index (χ0n) is 14.6. The fourth-order valence-corrected chi connectivity index (χ4v) is 3.12.